The van der Waals surface area contributed by atoms with Crippen LogP contribution in [0.4, 0.5) is 4.39 Å². The first kappa shape index (κ1) is 15.9. The minimum atomic E-state index is -0.435. The molecule has 0 fully saturated rings. The maximum atomic E-state index is 13.9. The third-order valence-electron chi connectivity index (χ3n) is 3.06. The van der Waals surface area contributed by atoms with Gasteiger partial charge in [-0.05, 0) is 17.5 Å². The molecule has 3 nitrogen and oxygen atoms in total. The molecule has 1 aromatic heterocycles. The molecule has 0 bridgehead atoms. The van der Waals surface area contributed by atoms with Gasteiger partial charge >= 0.3 is 5.97 Å². The van der Waals surface area contributed by atoms with Gasteiger partial charge in [0.2, 0.25) is 0 Å². The maximum absolute atomic E-state index is 13.9. The Hall–Kier alpha value is -1.43. The number of rotatable bonds is 6. The molecule has 1 atom stereocenters. The Kier molecular flexibility index (Phi) is 5.73. The largest absolute Gasteiger partial charge is 0.469 e. The van der Waals surface area contributed by atoms with Crippen LogP contribution in [0.25, 0.3) is 0 Å². The summed E-state index contributed by atoms with van der Waals surface area (Å²) in [5, 5.41) is 5.21. The summed E-state index contributed by atoms with van der Waals surface area (Å²) in [6, 6.07) is 8.49. The Labute approximate surface area is 131 Å². The second-order valence-electron chi connectivity index (χ2n) is 4.44. The SMILES string of the molecule is COC(=O)CC(NCc1cccc(Cl)c1F)c1cccs1. The van der Waals surface area contributed by atoms with Crippen LogP contribution in [0, 0.1) is 5.82 Å². The molecule has 1 heterocycles. The standard InChI is InChI=1S/C15H15ClFNO2S/c1-20-14(19)8-12(13-6-3-7-21-13)18-9-10-4-2-5-11(16)15(10)17/h2-7,12,18H,8-9H2,1H3. The number of esters is 1. The average Bonchev–Trinajstić information content (AvgIpc) is 3.01. The number of methoxy groups -OCH3 is 1. The Morgan fingerprint density at radius 3 is 2.90 bits per heavy atom. The quantitative estimate of drug-likeness (QED) is 0.817. The van der Waals surface area contributed by atoms with Crippen LogP contribution >= 0.6 is 22.9 Å². The van der Waals surface area contributed by atoms with Crippen LogP contribution in [0.1, 0.15) is 22.9 Å². The summed E-state index contributed by atoms with van der Waals surface area (Å²) in [7, 11) is 1.35. The molecule has 1 N–H and O–H groups in total. The van der Waals surface area contributed by atoms with Crippen LogP contribution in [0.5, 0.6) is 0 Å². The zero-order chi connectivity index (χ0) is 15.2. The lowest BCUT2D eigenvalue weighted by Crippen LogP contribution is -2.24. The van der Waals surface area contributed by atoms with Crippen molar-refractivity contribution in [2.24, 2.45) is 0 Å². The zero-order valence-corrected chi connectivity index (χ0v) is 13.0. The van der Waals surface area contributed by atoms with Crippen LogP contribution in [0.15, 0.2) is 35.7 Å². The Morgan fingerprint density at radius 1 is 1.43 bits per heavy atom. The molecule has 0 saturated carbocycles. The van der Waals surface area contributed by atoms with Gasteiger partial charge in [-0.1, -0.05) is 29.8 Å². The van der Waals surface area contributed by atoms with E-state index in [0.717, 1.165) is 4.88 Å². The number of carbonyl (C=O) groups is 1. The fraction of sp³-hybridized carbons (Fsp3) is 0.267. The number of halogens is 2. The normalized spacial score (nSPS) is 12.1. The van der Waals surface area contributed by atoms with Gasteiger partial charge in [0.15, 0.2) is 0 Å². The first-order chi connectivity index (χ1) is 10.1. The van der Waals surface area contributed by atoms with Crippen molar-refractivity contribution in [3.05, 3.63) is 57.0 Å². The van der Waals surface area contributed by atoms with Gasteiger partial charge in [-0.3, -0.25) is 4.79 Å². The van der Waals surface area contributed by atoms with Crippen molar-refractivity contribution in [2.45, 2.75) is 19.0 Å². The molecule has 0 amide bonds. The zero-order valence-electron chi connectivity index (χ0n) is 11.4. The minimum Gasteiger partial charge on any atom is -0.469 e. The van der Waals surface area contributed by atoms with E-state index in [1.807, 2.05) is 17.5 Å². The van der Waals surface area contributed by atoms with Gasteiger partial charge in [-0.25, -0.2) is 4.39 Å². The van der Waals surface area contributed by atoms with E-state index in [1.165, 1.54) is 24.5 Å². The highest BCUT2D eigenvalue weighted by Gasteiger charge is 2.18. The first-order valence-corrected chi connectivity index (χ1v) is 7.64. The average molecular weight is 328 g/mol. The number of nitrogens with one attached hydrogen (secondary N) is 1. The molecule has 21 heavy (non-hydrogen) atoms. The minimum absolute atomic E-state index is 0.0925. The highest BCUT2D eigenvalue weighted by molar-refractivity contribution is 7.10. The second-order valence-corrected chi connectivity index (χ2v) is 5.83. The summed E-state index contributed by atoms with van der Waals surface area (Å²) in [6.45, 7) is 0.284. The van der Waals surface area contributed by atoms with Gasteiger partial charge in [-0.15, -0.1) is 11.3 Å². The van der Waals surface area contributed by atoms with Crippen molar-refractivity contribution in [1.29, 1.82) is 0 Å². The summed E-state index contributed by atoms with van der Waals surface area (Å²) >= 11 is 7.30. The van der Waals surface area contributed by atoms with Gasteiger partial charge in [-0.2, -0.15) is 0 Å². The van der Waals surface area contributed by atoms with Crippen LogP contribution in [-0.2, 0) is 16.1 Å². The number of ether oxygens (including phenoxy) is 1. The van der Waals surface area contributed by atoms with Crippen LogP contribution in [-0.4, -0.2) is 13.1 Å². The van der Waals surface area contributed by atoms with E-state index in [0.29, 0.717) is 5.56 Å². The van der Waals surface area contributed by atoms with Gasteiger partial charge in [0, 0.05) is 17.0 Å². The van der Waals surface area contributed by atoms with E-state index in [4.69, 9.17) is 16.3 Å². The van der Waals surface area contributed by atoms with Crippen LogP contribution < -0.4 is 5.32 Å². The van der Waals surface area contributed by atoms with Crippen molar-refractivity contribution in [1.82, 2.24) is 5.32 Å². The molecule has 2 aromatic rings. The molecule has 1 unspecified atom stereocenters. The number of hydrogen-bond acceptors (Lipinski definition) is 4. The molecule has 0 aliphatic rings. The van der Waals surface area contributed by atoms with E-state index < -0.39 is 5.82 Å². The Bertz CT molecular complexity index is 604. The molecule has 0 saturated heterocycles. The summed E-state index contributed by atoms with van der Waals surface area (Å²) in [6.07, 6.45) is 0.194. The number of carbonyl (C=O) groups excluding carboxylic acids is 1. The molecule has 0 spiro atoms. The lowest BCUT2D eigenvalue weighted by atomic mass is 10.1. The van der Waals surface area contributed by atoms with Crippen molar-refractivity contribution in [2.75, 3.05) is 7.11 Å². The summed E-state index contributed by atoms with van der Waals surface area (Å²) in [5.41, 5.74) is 0.467. The van der Waals surface area contributed by atoms with Crippen LogP contribution in [0.3, 0.4) is 0 Å². The van der Waals surface area contributed by atoms with Gasteiger partial charge in [0.1, 0.15) is 5.82 Å². The lowest BCUT2D eigenvalue weighted by Gasteiger charge is -2.17. The summed E-state index contributed by atoms with van der Waals surface area (Å²) in [5.74, 6) is -0.748. The topological polar surface area (TPSA) is 38.3 Å². The van der Waals surface area contributed by atoms with E-state index >= 15 is 0 Å². The maximum Gasteiger partial charge on any atom is 0.307 e. The summed E-state index contributed by atoms with van der Waals surface area (Å²) in [4.78, 5) is 12.5. The number of benzene rings is 1. The summed E-state index contributed by atoms with van der Waals surface area (Å²) < 4.78 is 18.6. The fourth-order valence-corrected chi connectivity index (χ4v) is 2.93. The van der Waals surface area contributed by atoms with E-state index in [2.05, 4.69) is 5.32 Å². The molecule has 0 radical (unpaired) electrons. The molecule has 6 heteroatoms. The van der Waals surface area contributed by atoms with Gasteiger partial charge < -0.3 is 10.1 Å². The molecule has 1 aromatic carbocycles. The highest BCUT2D eigenvalue weighted by Crippen LogP contribution is 2.24. The van der Waals surface area contributed by atoms with E-state index in [-0.39, 0.29) is 30.0 Å². The highest BCUT2D eigenvalue weighted by atomic mass is 35.5. The monoisotopic (exact) mass is 327 g/mol. The molecular formula is C15H15ClFNO2S. The number of hydrogen-bond donors (Lipinski definition) is 1. The van der Waals surface area contributed by atoms with Crippen molar-refractivity contribution < 1.29 is 13.9 Å². The molecule has 112 valence electrons. The molecule has 2 rings (SSSR count). The first-order valence-electron chi connectivity index (χ1n) is 6.38. The van der Waals surface area contributed by atoms with Crippen molar-refractivity contribution in [3.63, 3.8) is 0 Å². The van der Waals surface area contributed by atoms with Gasteiger partial charge in [0.25, 0.3) is 0 Å². The predicted octanol–water partition coefficient (Wildman–Crippen LogP) is 3.93. The van der Waals surface area contributed by atoms with Gasteiger partial charge in [0.05, 0.1) is 24.6 Å². The lowest BCUT2D eigenvalue weighted by molar-refractivity contribution is -0.141. The fourth-order valence-electron chi connectivity index (χ4n) is 1.93. The smallest absolute Gasteiger partial charge is 0.307 e. The number of thiophene rings is 1. The third kappa shape index (κ3) is 4.27. The van der Waals surface area contributed by atoms with Crippen molar-refractivity contribution >= 4 is 28.9 Å². The third-order valence-corrected chi connectivity index (χ3v) is 4.33. The molecular weight excluding hydrogens is 313 g/mol. The van der Waals surface area contributed by atoms with E-state index in [9.17, 15) is 9.18 Å². The molecule has 0 aliphatic carbocycles. The van der Waals surface area contributed by atoms with Crippen molar-refractivity contribution in [3.8, 4) is 0 Å². The second kappa shape index (κ2) is 7.54. The predicted molar refractivity (Wildman–Crippen MR) is 81.9 cm³/mol. The van der Waals surface area contributed by atoms with Crippen LogP contribution in [0.2, 0.25) is 5.02 Å². The Morgan fingerprint density at radius 2 is 2.24 bits per heavy atom. The van der Waals surface area contributed by atoms with E-state index in [1.54, 1.807) is 12.1 Å². The Balaban J connectivity index is 2.08. The molecule has 0 aliphatic heterocycles.